The van der Waals surface area contributed by atoms with Crippen LogP contribution in [0, 0.1) is 0 Å². The Morgan fingerprint density at radius 3 is 2.43 bits per heavy atom. The van der Waals surface area contributed by atoms with E-state index in [2.05, 4.69) is 31.3 Å². The number of aromatic nitrogens is 4. The molecule has 0 spiro atoms. The molecule has 3 heterocycles. The molecule has 0 aliphatic carbocycles. The van der Waals surface area contributed by atoms with Crippen molar-refractivity contribution in [2.75, 3.05) is 18.0 Å². The van der Waals surface area contributed by atoms with E-state index in [0.717, 1.165) is 30.2 Å². The molecule has 0 saturated carbocycles. The summed E-state index contributed by atoms with van der Waals surface area (Å²) in [6.45, 7) is 2.61. The zero-order chi connectivity index (χ0) is 19.2. The summed E-state index contributed by atoms with van der Waals surface area (Å²) in [5, 5.41) is 7.03. The number of benzene rings is 1. The molecule has 0 radical (unpaired) electrons. The fraction of sp³-hybridized carbons (Fsp3) is 0.333. The smallest absolute Gasteiger partial charge is 0.251 e. The highest BCUT2D eigenvalue weighted by atomic mass is 16.1. The van der Waals surface area contributed by atoms with Crippen LogP contribution in [-0.2, 0) is 6.54 Å². The molecule has 1 fully saturated rings. The molecule has 1 N–H and O–H groups in total. The molecule has 1 saturated heterocycles. The summed E-state index contributed by atoms with van der Waals surface area (Å²) in [4.78, 5) is 23.3. The molecule has 1 aliphatic heterocycles. The molecule has 2 aromatic heterocycles. The minimum absolute atomic E-state index is 0.110. The van der Waals surface area contributed by atoms with E-state index in [9.17, 15) is 4.79 Å². The molecule has 4 rings (SSSR count). The van der Waals surface area contributed by atoms with Crippen LogP contribution in [-0.4, -0.2) is 38.7 Å². The van der Waals surface area contributed by atoms with Crippen LogP contribution < -0.4 is 10.2 Å². The topological polar surface area (TPSA) is 75.9 Å². The normalized spacial score (nSPS) is 14.5. The van der Waals surface area contributed by atoms with Gasteiger partial charge in [-0.15, -0.1) is 0 Å². The summed E-state index contributed by atoms with van der Waals surface area (Å²) >= 11 is 0. The summed E-state index contributed by atoms with van der Waals surface area (Å²) in [7, 11) is 0. The highest BCUT2D eigenvalue weighted by Crippen LogP contribution is 2.17. The van der Waals surface area contributed by atoms with Gasteiger partial charge in [0.05, 0.1) is 5.69 Å². The van der Waals surface area contributed by atoms with Crippen molar-refractivity contribution in [1.29, 1.82) is 0 Å². The molecule has 144 valence electrons. The van der Waals surface area contributed by atoms with Gasteiger partial charge in [-0.2, -0.15) is 5.10 Å². The summed E-state index contributed by atoms with van der Waals surface area (Å²) in [5.74, 6) is 0.919. The van der Waals surface area contributed by atoms with Crippen LogP contribution >= 0.6 is 0 Å². The van der Waals surface area contributed by atoms with Crippen molar-refractivity contribution in [3.8, 4) is 5.69 Å². The highest BCUT2D eigenvalue weighted by molar-refractivity contribution is 5.94. The van der Waals surface area contributed by atoms with E-state index in [4.69, 9.17) is 0 Å². The van der Waals surface area contributed by atoms with Gasteiger partial charge in [0, 0.05) is 31.4 Å². The van der Waals surface area contributed by atoms with Crippen LogP contribution in [0.4, 0.5) is 5.82 Å². The van der Waals surface area contributed by atoms with Gasteiger partial charge in [-0.25, -0.2) is 14.6 Å². The predicted molar refractivity (Wildman–Crippen MR) is 107 cm³/mol. The van der Waals surface area contributed by atoms with Gasteiger partial charge in [-0.1, -0.05) is 18.9 Å². The zero-order valence-corrected chi connectivity index (χ0v) is 15.8. The van der Waals surface area contributed by atoms with Crippen molar-refractivity contribution in [3.05, 3.63) is 66.4 Å². The van der Waals surface area contributed by atoms with Crippen molar-refractivity contribution in [1.82, 2.24) is 25.1 Å². The van der Waals surface area contributed by atoms with Crippen LogP contribution in [0.15, 0.2) is 55.2 Å². The van der Waals surface area contributed by atoms with Gasteiger partial charge in [-0.3, -0.25) is 4.79 Å². The lowest BCUT2D eigenvalue weighted by atomic mass is 10.2. The maximum atomic E-state index is 12.4. The summed E-state index contributed by atoms with van der Waals surface area (Å²) in [6.07, 6.45) is 10.0. The first-order valence-corrected chi connectivity index (χ1v) is 9.73. The standard InChI is InChI=1S/C21H24N6O/c28-21(18-6-8-19(9-7-18)27-16-22-15-25-27)24-14-17-5-10-20(23-13-17)26-11-3-1-2-4-12-26/h5-10,13,15-16H,1-4,11-12,14H2,(H,24,28). The highest BCUT2D eigenvalue weighted by Gasteiger charge is 2.11. The van der Waals surface area contributed by atoms with E-state index in [0.29, 0.717) is 12.1 Å². The maximum absolute atomic E-state index is 12.4. The fourth-order valence-corrected chi connectivity index (χ4v) is 3.40. The number of anilines is 1. The van der Waals surface area contributed by atoms with Gasteiger partial charge in [-0.05, 0) is 48.7 Å². The first kappa shape index (κ1) is 18.2. The Balaban J connectivity index is 1.33. The van der Waals surface area contributed by atoms with Crippen molar-refractivity contribution in [3.63, 3.8) is 0 Å². The third-order valence-electron chi connectivity index (χ3n) is 5.01. The Labute approximate surface area is 164 Å². The van der Waals surface area contributed by atoms with Gasteiger partial charge >= 0.3 is 0 Å². The number of carbonyl (C=O) groups is 1. The van der Waals surface area contributed by atoms with Crippen molar-refractivity contribution in [2.45, 2.75) is 32.2 Å². The second-order valence-electron chi connectivity index (χ2n) is 7.00. The average molecular weight is 376 g/mol. The Hall–Kier alpha value is -3.22. The molecule has 7 heteroatoms. The number of rotatable bonds is 5. The lowest BCUT2D eigenvalue weighted by Crippen LogP contribution is -2.25. The van der Waals surface area contributed by atoms with E-state index in [-0.39, 0.29) is 5.91 Å². The number of nitrogens with zero attached hydrogens (tertiary/aromatic N) is 5. The van der Waals surface area contributed by atoms with Crippen LogP contribution in [0.5, 0.6) is 0 Å². The zero-order valence-electron chi connectivity index (χ0n) is 15.8. The molecule has 7 nitrogen and oxygen atoms in total. The SMILES string of the molecule is O=C(NCc1ccc(N2CCCCCC2)nc1)c1ccc(-n2cncn2)cc1. The lowest BCUT2D eigenvalue weighted by Gasteiger charge is -2.21. The minimum Gasteiger partial charge on any atom is -0.357 e. The molecular formula is C21H24N6O. The molecule has 1 aromatic carbocycles. The van der Waals surface area contributed by atoms with Crippen LogP contribution in [0.25, 0.3) is 5.69 Å². The number of hydrogen-bond acceptors (Lipinski definition) is 5. The van der Waals surface area contributed by atoms with Gasteiger partial charge < -0.3 is 10.2 Å². The van der Waals surface area contributed by atoms with E-state index >= 15 is 0 Å². The number of carbonyl (C=O) groups excluding carboxylic acids is 1. The molecule has 1 aliphatic rings. The Morgan fingerprint density at radius 2 is 1.79 bits per heavy atom. The summed E-state index contributed by atoms with van der Waals surface area (Å²) in [6, 6.07) is 11.4. The molecule has 28 heavy (non-hydrogen) atoms. The van der Waals surface area contributed by atoms with E-state index < -0.39 is 0 Å². The first-order chi connectivity index (χ1) is 13.8. The number of pyridine rings is 1. The molecule has 0 bridgehead atoms. The van der Waals surface area contributed by atoms with Crippen LogP contribution in [0.3, 0.4) is 0 Å². The van der Waals surface area contributed by atoms with Gasteiger partial charge in [0.1, 0.15) is 18.5 Å². The largest absolute Gasteiger partial charge is 0.357 e. The lowest BCUT2D eigenvalue weighted by molar-refractivity contribution is 0.0951. The number of nitrogens with one attached hydrogen (secondary N) is 1. The van der Waals surface area contributed by atoms with Gasteiger partial charge in [0.15, 0.2) is 0 Å². The monoisotopic (exact) mass is 376 g/mol. The minimum atomic E-state index is -0.110. The molecule has 3 aromatic rings. The third-order valence-corrected chi connectivity index (χ3v) is 5.01. The third kappa shape index (κ3) is 4.36. The van der Waals surface area contributed by atoms with Crippen LogP contribution in [0.2, 0.25) is 0 Å². The second kappa shape index (κ2) is 8.65. The Kier molecular flexibility index (Phi) is 5.61. The van der Waals surface area contributed by atoms with E-state index in [1.807, 2.05) is 24.4 Å². The van der Waals surface area contributed by atoms with Gasteiger partial charge in [0.2, 0.25) is 0 Å². The molecule has 1 amide bonds. The van der Waals surface area contributed by atoms with Gasteiger partial charge in [0.25, 0.3) is 5.91 Å². The Morgan fingerprint density at radius 1 is 1.00 bits per heavy atom. The average Bonchev–Trinajstić information content (AvgIpc) is 3.15. The fourth-order valence-electron chi connectivity index (χ4n) is 3.40. The van der Waals surface area contributed by atoms with Crippen molar-refractivity contribution in [2.24, 2.45) is 0 Å². The summed E-state index contributed by atoms with van der Waals surface area (Å²) < 4.78 is 1.65. The number of hydrogen-bond donors (Lipinski definition) is 1. The van der Waals surface area contributed by atoms with E-state index in [1.54, 1.807) is 23.1 Å². The van der Waals surface area contributed by atoms with E-state index in [1.165, 1.54) is 32.0 Å². The number of amides is 1. The maximum Gasteiger partial charge on any atom is 0.251 e. The van der Waals surface area contributed by atoms with Crippen molar-refractivity contribution < 1.29 is 4.79 Å². The quantitative estimate of drug-likeness (QED) is 0.741. The van der Waals surface area contributed by atoms with Crippen LogP contribution in [0.1, 0.15) is 41.6 Å². The molecule has 0 unspecified atom stereocenters. The first-order valence-electron chi connectivity index (χ1n) is 9.73. The summed E-state index contributed by atoms with van der Waals surface area (Å²) in [5.41, 5.74) is 2.46. The second-order valence-corrected chi connectivity index (χ2v) is 7.00. The Bertz CT molecular complexity index is 882. The molecule has 0 atom stereocenters. The molecular weight excluding hydrogens is 352 g/mol. The predicted octanol–water partition coefficient (Wildman–Crippen LogP) is 2.97. The van der Waals surface area contributed by atoms with Crippen molar-refractivity contribution >= 4 is 11.7 Å².